The van der Waals surface area contributed by atoms with Crippen LogP contribution in [0.2, 0.25) is 0 Å². The minimum absolute atomic E-state index is 0.0402. The van der Waals surface area contributed by atoms with Gasteiger partial charge < -0.3 is 4.74 Å². The fourth-order valence-electron chi connectivity index (χ4n) is 1.31. The number of hydrogen-bond acceptors (Lipinski definition) is 6. The summed E-state index contributed by atoms with van der Waals surface area (Å²) in [5.41, 5.74) is 0.565. The molecule has 18 heavy (non-hydrogen) atoms. The lowest BCUT2D eigenvalue weighted by Crippen LogP contribution is -2.16. The zero-order chi connectivity index (χ0) is 13.0. The lowest BCUT2D eigenvalue weighted by molar-refractivity contribution is -0.135. The summed E-state index contributed by atoms with van der Waals surface area (Å²) < 4.78 is 6.31. The van der Waals surface area contributed by atoms with Gasteiger partial charge in [-0.05, 0) is 41.6 Å². The first-order valence-corrected chi connectivity index (χ1v) is 5.17. The summed E-state index contributed by atoms with van der Waals surface area (Å²) in [6, 6.07) is 6.33. The van der Waals surface area contributed by atoms with Gasteiger partial charge in [0.15, 0.2) is 5.78 Å². The van der Waals surface area contributed by atoms with E-state index in [-0.39, 0.29) is 12.3 Å². The Kier molecular flexibility index (Phi) is 3.42. The molecule has 2 aromatic rings. The molecule has 0 aliphatic carbocycles. The van der Waals surface area contributed by atoms with Gasteiger partial charge in [0.1, 0.15) is 18.6 Å². The van der Waals surface area contributed by atoms with Crippen LogP contribution < -0.4 is 4.74 Å². The zero-order valence-electron chi connectivity index (χ0n) is 9.61. The maximum Gasteiger partial charge on any atom is 0.333 e. The Morgan fingerprint density at radius 1 is 1.28 bits per heavy atom. The molecule has 0 aliphatic heterocycles. The molecule has 0 unspecified atom stereocenters. The second-order valence-electron chi connectivity index (χ2n) is 3.56. The first-order valence-electron chi connectivity index (χ1n) is 5.17. The average Bonchev–Trinajstić information content (AvgIpc) is 2.82. The molecule has 0 fully saturated rings. The van der Waals surface area contributed by atoms with Crippen molar-refractivity contribution < 1.29 is 14.3 Å². The number of benzene rings is 1. The number of nitrogens with zero attached hydrogens (tertiary/aromatic N) is 4. The Morgan fingerprint density at radius 3 is 2.56 bits per heavy atom. The van der Waals surface area contributed by atoms with Crippen LogP contribution in [0.4, 0.5) is 0 Å². The van der Waals surface area contributed by atoms with Gasteiger partial charge in [0.05, 0.1) is 0 Å². The number of aromatic nitrogens is 4. The van der Waals surface area contributed by atoms with Crippen molar-refractivity contribution in [3.63, 3.8) is 0 Å². The monoisotopic (exact) mass is 246 g/mol. The quantitative estimate of drug-likeness (QED) is 0.443. The van der Waals surface area contributed by atoms with E-state index in [1.165, 1.54) is 17.9 Å². The van der Waals surface area contributed by atoms with E-state index < -0.39 is 5.97 Å². The van der Waals surface area contributed by atoms with Gasteiger partial charge in [0.25, 0.3) is 0 Å². The smallest absolute Gasteiger partial charge is 0.333 e. The minimum atomic E-state index is -0.488. The van der Waals surface area contributed by atoms with Crippen molar-refractivity contribution >= 4 is 11.8 Å². The number of Topliss-reactive ketones (excluding diaryl/α,β-unsaturated/α-hetero) is 1. The molecule has 0 spiro atoms. The van der Waals surface area contributed by atoms with E-state index in [1.54, 1.807) is 24.3 Å². The lowest BCUT2D eigenvalue weighted by Gasteiger charge is -2.04. The van der Waals surface area contributed by atoms with Gasteiger partial charge in [-0.1, -0.05) is 0 Å². The number of ether oxygens (including phenoxy) is 1. The number of esters is 1. The van der Waals surface area contributed by atoms with E-state index in [4.69, 9.17) is 4.74 Å². The van der Waals surface area contributed by atoms with E-state index in [9.17, 15) is 9.59 Å². The van der Waals surface area contributed by atoms with Crippen molar-refractivity contribution in [2.75, 3.05) is 0 Å². The van der Waals surface area contributed by atoms with Gasteiger partial charge in [-0.3, -0.25) is 4.79 Å². The number of carbonyl (C=O) groups is 2. The van der Waals surface area contributed by atoms with Crippen LogP contribution in [0.5, 0.6) is 5.75 Å². The molecule has 0 N–H and O–H groups in total. The first-order chi connectivity index (χ1) is 8.65. The molecule has 7 nitrogen and oxygen atoms in total. The van der Waals surface area contributed by atoms with Crippen LogP contribution in [-0.4, -0.2) is 32.0 Å². The standard InChI is InChI=1S/C11H10N4O3/c1-8(16)9-2-4-10(5-3-9)18-11(17)6-15-7-12-13-14-15/h2-5,7H,6H2,1H3. The summed E-state index contributed by atoms with van der Waals surface area (Å²) in [6.45, 7) is 1.40. The van der Waals surface area contributed by atoms with Gasteiger partial charge in [-0.15, -0.1) is 5.10 Å². The molecule has 0 bridgehead atoms. The highest BCUT2D eigenvalue weighted by Gasteiger charge is 2.07. The average molecular weight is 246 g/mol. The summed E-state index contributed by atoms with van der Waals surface area (Å²) in [5, 5.41) is 10.3. The summed E-state index contributed by atoms with van der Waals surface area (Å²) in [7, 11) is 0. The molecule has 92 valence electrons. The Labute approximate surface area is 102 Å². The van der Waals surface area contributed by atoms with Gasteiger partial charge in [-0.2, -0.15) is 0 Å². The lowest BCUT2D eigenvalue weighted by atomic mass is 10.1. The van der Waals surface area contributed by atoms with Crippen LogP contribution in [0.1, 0.15) is 17.3 Å². The predicted octanol–water partition coefficient (Wildman–Crippen LogP) is 0.481. The van der Waals surface area contributed by atoms with E-state index in [0.29, 0.717) is 11.3 Å². The highest BCUT2D eigenvalue weighted by atomic mass is 16.5. The molecule has 1 aromatic carbocycles. The molecule has 0 aliphatic rings. The summed E-state index contributed by atoms with van der Waals surface area (Å²) >= 11 is 0. The van der Waals surface area contributed by atoms with Crippen LogP contribution in [-0.2, 0) is 11.3 Å². The summed E-state index contributed by atoms with van der Waals surface area (Å²) in [4.78, 5) is 22.6. The Balaban J connectivity index is 1.97. The molecule has 0 saturated carbocycles. The van der Waals surface area contributed by atoms with Crippen molar-refractivity contribution in [1.29, 1.82) is 0 Å². The number of tetrazole rings is 1. The Bertz CT molecular complexity index is 548. The third-order valence-electron chi connectivity index (χ3n) is 2.18. The number of rotatable bonds is 4. The van der Waals surface area contributed by atoms with Crippen molar-refractivity contribution in [3.8, 4) is 5.75 Å². The van der Waals surface area contributed by atoms with E-state index >= 15 is 0 Å². The molecular weight excluding hydrogens is 236 g/mol. The molecule has 0 atom stereocenters. The zero-order valence-corrected chi connectivity index (χ0v) is 9.61. The normalized spacial score (nSPS) is 10.1. The molecule has 1 heterocycles. The van der Waals surface area contributed by atoms with Gasteiger partial charge >= 0.3 is 5.97 Å². The fourth-order valence-corrected chi connectivity index (χ4v) is 1.31. The predicted molar refractivity (Wildman–Crippen MR) is 59.9 cm³/mol. The van der Waals surface area contributed by atoms with Crippen molar-refractivity contribution in [1.82, 2.24) is 20.2 Å². The highest BCUT2D eigenvalue weighted by Crippen LogP contribution is 2.12. The molecule has 0 saturated heterocycles. The molecule has 2 rings (SSSR count). The highest BCUT2D eigenvalue weighted by molar-refractivity contribution is 5.94. The van der Waals surface area contributed by atoms with Gasteiger partial charge in [-0.25, -0.2) is 9.48 Å². The Morgan fingerprint density at radius 2 is 2.00 bits per heavy atom. The maximum absolute atomic E-state index is 11.5. The first kappa shape index (κ1) is 11.9. The largest absolute Gasteiger partial charge is 0.425 e. The second kappa shape index (κ2) is 5.17. The van der Waals surface area contributed by atoms with Crippen molar-refractivity contribution in [3.05, 3.63) is 36.2 Å². The second-order valence-corrected chi connectivity index (χ2v) is 3.56. The third kappa shape index (κ3) is 2.97. The maximum atomic E-state index is 11.5. The van der Waals surface area contributed by atoms with Crippen LogP contribution in [0, 0.1) is 0 Å². The number of carbonyl (C=O) groups excluding carboxylic acids is 2. The molecular formula is C11H10N4O3. The van der Waals surface area contributed by atoms with Crippen LogP contribution in [0.3, 0.4) is 0 Å². The Hall–Kier alpha value is -2.57. The summed E-state index contributed by atoms with van der Waals surface area (Å²) in [5.74, 6) is -0.155. The number of ketones is 1. The van der Waals surface area contributed by atoms with Crippen LogP contribution in [0.25, 0.3) is 0 Å². The van der Waals surface area contributed by atoms with Crippen molar-refractivity contribution in [2.24, 2.45) is 0 Å². The van der Waals surface area contributed by atoms with Crippen LogP contribution in [0.15, 0.2) is 30.6 Å². The minimum Gasteiger partial charge on any atom is -0.425 e. The number of hydrogen-bond donors (Lipinski definition) is 0. The van der Waals surface area contributed by atoms with Gasteiger partial charge in [0, 0.05) is 5.56 Å². The van der Waals surface area contributed by atoms with E-state index in [0.717, 1.165) is 0 Å². The fraction of sp³-hybridized carbons (Fsp3) is 0.182. The van der Waals surface area contributed by atoms with E-state index in [2.05, 4.69) is 15.5 Å². The summed E-state index contributed by atoms with van der Waals surface area (Å²) in [6.07, 6.45) is 1.32. The molecule has 0 radical (unpaired) electrons. The SMILES string of the molecule is CC(=O)c1ccc(OC(=O)Cn2cnnn2)cc1. The molecule has 1 aromatic heterocycles. The van der Waals surface area contributed by atoms with E-state index in [1.807, 2.05) is 0 Å². The van der Waals surface area contributed by atoms with Gasteiger partial charge in [0.2, 0.25) is 0 Å². The third-order valence-corrected chi connectivity index (χ3v) is 2.18. The van der Waals surface area contributed by atoms with Crippen molar-refractivity contribution in [2.45, 2.75) is 13.5 Å². The van der Waals surface area contributed by atoms with Crippen LogP contribution >= 0.6 is 0 Å². The topological polar surface area (TPSA) is 87.0 Å². The molecule has 0 amide bonds. The molecule has 7 heteroatoms.